The Labute approximate surface area is 74.8 Å². The molecular formula is C5F10. The lowest BCUT2D eigenvalue weighted by Crippen LogP contribution is -2.45. The molecule has 0 unspecified atom stereocenters. The lowest BCUT2D eigenvalue weighted by molar-refractivity contribution is -0.333. The minimum atomic E-state index is -6.77. The van der Waals surface area contributed by atoms with Gasteiger partial charge in [-0.1, -0.05) is 0 Å². The lowest BCUT2D eigenvalue weighted by atomic mass is 10.1. The molecule has 0 atom stereocenters. The molecule has 15 heavy (non-hydrogen) atoms. The molecule has 0 bridgehead atoms. The number of hydrogen-bond acceptors (Lipinski definition) is 0. The van der Waals surface area contributed by atoms with Gasteiger partial charge in [-0.25, -0.2) is 0 Å². The average molecular weight is 250 g/mol. The highest BCUT2D eigenvalue weighted by atomic mass is 19.4. The van der Waals surface area contributed by atoms with Gasteiger partial charge in [-0.05, 0) is 0 Å². The van der Waals surface area contributed by atoms with E-state index >= 15 is 0 Å². The monoisotopic (exact) mass is 250 g/mol. The van der Waals surface area contributed by atoms with Crippen LogP contribution in [-0.4, -0.2) is 24.2 Å². The van der Waals surface area contributed by atoms with Gasteiger partial charge in [0, 0.05) is 0 Å². The topological polar surface area (TPSA) is 0 Å². The van der Waals surface area contributed by atoms with Gasteiger partial charge in [-0.3, -0.25) is 0 Å². The Morgan fingerprint density at radius 1 is 0.533 bits per heavy atom. The van der Waals surface area contributed by atoms with Crippen molar-refractivity contribution in [2.45, 2.75) is 24.2 Å². The van der Waals surface area contributed by atoms with E-state index in [9.17, 15) is 43.9 Å². The van der Waals surface area contributed by atoms with Crippen molar-refractivity contribution in [3.8, 4) is 0 Å². The molecule has 0 spiro atoms. The summed E-state index contributed by atoms with van der Waals surface area (Å²) in [5.41, 5.74) is -6.25. The lowest BCUT2D eigenvalue weighted by Gasteiger charge is -2.21. The largest absolute Gasteiger partial charge is 0.415 e. The second-order valence-electron chi connectivity index (χ2n) is 2.89. The van der Waals surface area contributed by atoms with E-state index in [4.69, 9.17) is 0 Å². The van der Waals surface area contributed by atoms with Gasteiger partial charge in [0.15, 0.2) is 0 Å². The molecular weight excluding hydrogens is 250 g/mol. The summed E-state index contributed by atoms with van der Waals surface area (Å²) in [5, 5.41) is 0. The first kappa shape index (κ1) is 12.4. The van der Waals surface area contributed by atoms with Crippen LogP contribution in [0.5, 0.6) is 0 Å². The van der Waals surface area contributed by atoms with E-state index in [2.05, 4.69) is 0 Å². The Kier molecular flexibility index (Phi) is 1.93. The summed E-state index contributed by atoms with van der Waals surface area (Å²) >= 11 is 0. The van der Waals surface area contributed by atoms with Crippen molar-refractivity contribution in [2.24, 2.45) is 5.41 Å². The van der Waals surface area contributed by atoms with Crippen LogP contribution in [0.15, 0.2) is 0 Å². The Balaban J connectivity index is 3.41. The van der Waals surface area contributed by atoms with Gasteiger partial charge in [0.05, 0.1) is 0 Å². The summed E-state index contributed by atoms with van der Waals surface area (Å²) in [6.45, 7) is 0. The van der Waals surface area contributed by atoms with Gasteiger partial charge in [0.25, 0.3) is 5.41 Å². The fourth-order valence-corrected chi connectivity index (χ4v) is 1.29. The Hall–Kier alpha value is -0.700. The highest BCUT2D eigenvalue weighted by Gasteiger charge is 3.12. The maximum atomic E-state index is 12.0. The molecule has 0 radical (unpaired) electrons. The van der Waals surface area contributed by atoms with Crippen molar-refractivity contribution < 1.29 is 43.9 Å². The Morgan fingerprint density at radius 2 is 0.733 bits per heavy atom. The first-order chi connectivity index (χ1) is 6.25. The second-order valence-corrected chi connectivity index (χ2v) is 2.89. The predicted octanol–water partition coefficient (Wildman–Crippen LogP) is 3.38. The molecule has 0 aromatic heterocycles. The summed E-state index contributed by atoms with van der Waals surface area (Å²) in [6, 6.07) is 0. The third-order valence-electron chi connectivity index (χ3n) is 2.12. The van der Waals surface area contributed by atoms with E-state index in [0.717, 1.165) is 0 Å². The summed E-state index contributed by atoms with van der Waals surface area (Å²) in [6.07, 6.45) is -13.5. The minimum absolute atomic E-state index is 6.16. The molecule has 10 heteroatoms. The zero-order chi connectivity index (χ0) is 12.5. The molecule has 0 aliphatic heterocycles. The van der Waals surface area contributed by atoms with Crippen molar-refractivity contribution in [1.82, 2.24) is 0 Å². The van der Waals surface area contributed by atoms with Gasteiger partial charge >= 0.3 is 24.2 Å². The fourth-order valence-electron chi connectivity index (χ4n) is 1.29. The van der Waals surface area contributed by atoms with Crippen LogP contribution in [-0.2, 0) is 0 Å². The fraction of sp³-hybridized carbons (Fsp3) is 1.00. The van der Waals surface area contributed by atoms with E-state index in [1.165, 1.54) is 0 Å². The van der Waals surface area contributed by atoms with Gasteiger partial charge in [-0.15, -0.1) is 0 Å². The van der Waals surface area contributed by atoms with Crippen molar-refractivity contribution in [1.29, 1.82) is 0 Å². The molecule has 0 N–H and O–H groups in total. The molecule has 1 saturated carbocycles. The highest BCUT2D eigenvalue weighted by Crippen LogP contribution is 2.82. The van der Waals surface area contributed by atoms with E-state index in [1.54, 1.807) is 0 Å². The van der Waals surface area contributed by atoms with Gasteiger partial charge in [0.2, 0.25) is 0 Å². The van der Waals surface area contributed by atoms with Crippen molar-refractivity contribution >= 4 is 0 Å². The first-order valence-electron chi connectivity index (χ1n) is 3.14. The van der Waals surface area contributed by atoms with Crippen molar-refractivity contribution in [3.63, 3.8) is 0 Å². The van der Waals surface area contributed by atoms with Crippen LogP contribution in [0.4, 0.5) is 43.9 Å². The quantitative estimate of drug-likeness (QED) is 0.578. The number of alkyl halides is 10. The molecule has 0 saturated heterocycles. The minimum Gasteiger partial charge on any atom is -0.198 e. The summed E-state index contributed by atoms with van der Waals surface area (Å²) in [7, 11) is 0. The molecule has 0 aromatic rings. The average Bonchev–Trinajstić information content (AvgIpc) is 2.13. The Bertz CT molecular complexity index is 249. The molecule has 1 rings (SSSR count). The molecule has 0 heterocycles. The summed E-state index contributed by atoms with van der Waals surface area (Å²) < 4.78 is 118. The molecule has 1 fully saturated rings. The number of hydrogen-bond donors (Lipinski definition) is 0. The van der Waals surface area contributed by atoms with Crippen molar-refractivity contribution in [2.75, 3.05) is 0 Å². The molecule has 0 aromatic carbocycles. The van der Waals surface area contributed by atoms with Crippen LogP contribution in [0.3, 0.4) is 0 Å². The van der Waals surface area contributed by atoms with E-state index in [1.807, 2.05) is 0 Å². The zero-order valence-electron chi connectivity index (χ0n) is 6.28. The van der Waals surface area contributed by atoms with Crippen LogP contribution in [0.1, 0.15) is 0 Å². The molecule has 1 aliphatic carbocycles. The Morgan fingerprint density at radius 3 is 0.733 bits per heavy atom. The van der Waals surface area contributed by atoms with Crippen molar-refractivity contribution in [3.05, 3.63) is 0 Å². The molecule has 90 valence electrons. The highest BCUT2D eigenvalue weighted by molar-refractivity contribution is 5.32. The predicted molar refractivity (Wildman–Crippen MR) is 24.4 cm³/mol. The van der Waals surface area contributed by atoms with Crippen LogP contribution in [0, 0.1) is 5.41 Å². The normalized spacial score (nSPS) is 27.6. The maximum absolute atomic E-state index is 12.0. The van der Waals surface area contributed by atoms with Crippen LogP contribution < -0.4 is 0 Å². The third-order valence-corrected chi connectivity index (χ3v) is 2.12. The standard InChI is InChI=1S/C5F10/c6-2(7)1(3(2,8)9,4(10,11)12)5(13,14)15. The van der Waals surface area contributed by atoms with Gasteiger partial charge in [-0.2, -0.15) is 43.9 Å². The molecule has 0 nitrogen and oxygen atoms in total. The zero-order valence-corrected chi connectivity index (χ0v) is 6.28. The molecule has 1 aliphatic rings. The van der Waals surface area contributed by atoms with Crippen LogP contribution in [0.25, 0.3) is 0 Å². The van der Waals surface area contributed by atoms with Crippen LogP contribution in [0.2, 0.25) is 0 Å². The van der Waals surface area contributed by atoms with E-state index < -0.39 is 29.6 Å². The van der Waals surface area contributed by atoms with E-state index in [-0.39, 0.29) is 0 Å². The third kappa shape index (κ3) is 0.949. The maximum Gasteiger partial charge on any atom is 0.415 e. The summed E-state index contributed by atoms with van der Waals surface area (Å²) in [5.74, 6) is -12.3. The van der Waals surface area contributed by atoms with E-state index in [0.29, 0.717) is 0 Å². The number of halogens is 10. The van der Waals surface area contributed by atoms with Gasteiger partial charge in [0.1, 0.15) is 0 Å². The van der Waals surface area contributed by atoms with Gasteiger partial charge < -0.3 is 0 Å². The first-order valence-corrected chi connectivity index (χ1v) is 3.14. The molecule has 0 amide bonds. The van der Waals surface area contributed by atoms with Crippen LogP contribution >= 0.6 is 0 Å². The second kappa shape index (κ2) is 2.34. The SMILES string of the molecule is FC(F)(F)C1(C(F)(F)F)C(F)(F)C1(F)F. The number of rotatable bonds is 0. The smallest absolute Gasteiger partial charge is 0.198 e. The summed E-state index contributed by atoms with van der Waals surface area (Å²) in [4.78, 5) is 0.